The third-order valence-electron chi connectivity index (χ3n) is 4.09. The van der Waals surface area contributed by atoms with Gasteiger partial charge in [0.1, 0.15) is 0 Å². The predicted octanol–water partition coefficient (Wildman–Crippen LogP) is 2.79. The van der Waals surface area contributed by atoms with Gasteiger partial charge in [0, 0.05) is 11.3 Å². The maximum absolute atomic E-state index is 11.2. The number of carbonyl (C=O) groups is 1. The molecule has 0 amide bonds. The number of carboxylic acid groups (broad SMARTS) is 1. The van der Waals surface area contributed by atoms with Gasteiger partial charge in [-0.1, -0.05) is 28.9 Å². The second-order valence-corrected chi connectivity index (χ2v) is 5.46. The summed E-state index contributed by atoms with van der Waals surface area (Å²) in [6.45, 7) is 3.93. The standard InChI is InChI=1S/C10H13BrO2/c1-9(8(12)13)4-3-6-7(11)5-10(6,9)2/h5-6H,3-4H2,1-2H3,(H,12,13)/t6-,9+,10-/m0/s1. The summed E-state index contributed by atoms with van der Waals surface area (Å²) < 4.78 is 1.19. The highest BCUT2D eigenvalue weighted by Crippen LogP contribution is 2.66. The number of fused-ring (bicyclic) bond motifs is 1. The van der Waals surface area contributed by atoms with E-state index in [0.717, 1.165) is 12.8 Å². The molecule has 0 aliphatic heterocycles. The highest BCUT2D eigenvalue weighted by molar-refractivity contribution is 9.11. The van der Waals surface area contributed by atoms with Gasteiger partial charge in [0.25, 0.3) is 0 Å². The largest absolute Gasteiger partial charge is 0.481 e. The first-order chi connectivity index (χ1) is 5.92. The summed E-state index contributed by atoms with van der Waals surface area (Å²) in [6.07, 6.45) is 3.85. The Morgan fingerprint density at radius 2 is 2.31 bits per heavy atom. The third-order valence-corrected chi connectivity index (χ3v) is 4.87. The SMILES string of the molecule is C[C@]12C=C(Br)[C@@H]1CC[C@]2(C)C(=O)O. The van der Waals surface area contributed by atoms with Crippen molar-refractivity contribution in [1.82, 2.24) is 0 Å². The van der Waals surface area contributed by atoms with Crippen molar-refractivity contribution in [2.75, 3.05) is 0 Å². The molecule has 0 aromatic carbocycles. The van der Waals surface area contributed by atoms with Crippen molar-refractivity contribution in [2.24, 2.45) is 16.7 Å². The van der Waals surface area contributed by atoms with Gasteiger partial charge in [0.2, 0.25) is 0 Å². The molecule has 0 spiro atoms. The van der Waals surface area contributed by atoms with Gasteiger partial charge in [-0.05, 0) is 24.2 Å². The van der Waals surface area contributed by atoms with Crippen molar-refractivity contribution in [2.45, 2.75) is 26.7 Å². The molecule has 1 saturated carbocycles. The molecule has 0 bridgehead atoms. The van der Waals surface area contributed by atoms with Crippen LogP contribution in [0.1, 0.15) is 26.7 Å². The minimum absolute atomic E-state index is 0.127. The summed E-state index contributed by atoms with van der Waals surface area (Å²) >= 11 is 3.47. The van der Waals surface area contributed by atoms with E-state index in [2.05, 4.69) is 28.9 Å². The molecule has 2 rings (SSSR count). The number of carboxylic acids is 1. The fourth-order valence-corrected chi connectivity index (χ4v) is 3.88. The first-order valence-corrected chi connectivity index (χ1v) is 5.33. The fourth-order valence-electron chi connectivity index (χ4n) is 2.70. The van der Waals surface area contributed by atoms with Crippen LogP contribution in [0.3, 0.4) is 0 Å². The van der Waals surface area contributed by atoms with Gasteiger partial charge in [0.05, 0.1) is 5.41 Å². The van der Waals surface area contributed by atoms with Gasteiger partial charge >= 0.3 is 5.97 Å². The van der Waals surface area contributed by atoms with E-state index >= 15 is 0 Å². The molecule has 0 aromatic rings. The lowest BCUT2D eigenvalue weighted by molar-refractivity contribution is -0.153. The monoisotopic (exact) mass is 244 g/mol. The van der Waals surface area contributed by atoms with Crippen LogP contribution in [0.4, 0.5) is 0 Å². The Kier molecular flexibility index (Phi) is 1.69. The van der Waals surface area contributed by atoms with Crippen molar-refractivity contribution < 1.29 is 9.90 Å². The van der Waals surface area contributed by atoms with Crippen molar-refractivity contribution >= 4 is 21.9 Å². The van der Waals surface area contributed by atoms with Gasteiger partial charge in [-0.25, -0.2) is 0 Å². The van der Waals surface area contributed by atoms with Gasteiger partial charge in [-0.2, -0.15) is 0 Å². The van der Waals surface area contributed by atoms with E-state index in [1.807, 2.05) is 6.92 Å². The molecule has 13 heavy (non-hydrogen) atoms. The minimum Gasteiger partial charge on any atom is -0.481 e. The molecule has 2 nitrogen and oxygen atoms in total. The molecule has 72 valence electrons. The number of allylic oxidation sites excluding steroid dienone is 2. The molecule has 2 aliphatic rings. The van der Waals surface area contributed by atoms with E-state index in [4.69, 9.17) is 0 Å². The molecule has 0 unspecified atom stereocenters. The molecule has 1 N–H and O–H groups in total. The highest BCUT2D eigenvalue weighted by atomic mass is 79.9. The van der Waals surface area contributed by atoms with Crippen LogP contribution < -0.4 is 0 Å². The van der Waals surface area contributed by atoms with Crippen molar-refractivity contribution in [3.8, 4) is 0 Å². The third kappa shape index (κ3) is 0.862. The van der Waals surface area contributed by atoms with E-state index in [9.17, 15) is 9.90 Å². The zero-order chi connectivity index (χ0) is 9.85. The van der Waals surface area contributed by atoms with Crippen LogP contribution in [0, 0.1) is 16.7 Å². The molecule has 0 heterocycles. The normalized spacial score (nSPS) is 47.9. The zero-order valence-corrected chi connectivity index (χ0v) is 9.39. The molecule has 2 aliphatic carbocycles. The Hall–Kier alpha value is -0.310. The molecule has 0 saturated heterocycles. The zero-order valence-electron chi connectivity index (χ0n) is 7.80. The average Bonchev–Trinajstić information content (AvgIpc) is 2.22. The van der Waals surface area contributed by atoms with Gasteiger partial charge in [-0.3, -0.25) is 4.79 Å². The van der Waals surface area contributed by atoms with Gasteiger partial charge in [-0.15, -0.1) is 0 Å². The number of hydrogen-bond acceptors (Lipinski definition) is 1. The lowest BCUT2D eigenvalue weighted by Gasteiger charge is -2.46. The maximum Gasteiger partial charge on any atom is 0.310 e. The van der Waals surface area contributed by atoms with Crippen LogP contribution in [0.25, 0.3) is 0 Å². The van der Waals surface area contributed by atoms with Crippen molar-refractivity contribution in [3.05, 3.63) is 10.6 Å². The van der Waals surface area contributed by atoms with E-state index in [1.165, 1.54) is 4.48 Å². The quantitative estimate of drug-likeness (QED) is 0.771. The summed E-state index contributed by atoms with van der Waals surface area (Å²) in [5.41, 5.74) is -0.688. The van der Waals surface area contributed by atoms with Crippen LogP contribution in [-0.2, 0) is 4.79 Å². The molecule has 1 fully saturated rings. The van der Waals surface area contributed by atoms with Crippen LogP contribution in [-0.4, -0.2) is 11.1 Å². The predicted molar refractivity (Wildman–Crippen MR) is 53.6 cm³/mol. The second kappa shape index (κ2) is 2.38. The van der Waals surface area contributed by atoms with Crippen LogP contribution in [0.2, 0.25) is 0 Å². The Morgan fingerprint density at radius 1 is 1.69 bits per heavy atom. The smallest absolute Gasteiger partial charge is 0.310 e. The molecule has 3 heteroatoms. The molecule has 3 atom stereocenters. The first-order valence-electron chi connectivity index (χ1n) is 4.53. The Balaban J connectivity index is 2.42. The lowest BCUT2D eigenvalue weighted by Crippen LogP contribution is -2.45. The molecule has 0 radical (unpaired) electrons. The summed E-state index contributed by atoms with van der Waals surface area (Å²) in [4.78, 5) is 11.2. The summed E-state index contributed by atoms with van der Waals surface area (Å²) in [5, 5.41) is 9.20. The molecular weight excluding hydrogens is 232 g/mol. The number of aliphatic carboxylic acids is 1. The van der Waals surface area contributed by atoms with E-state index in [1.54, 1.807) is 0 Å². The first kappa shape index (κ1) is 9.25. The van der Waals surface area contributed by atoms with Gasteiger partial charge in [0.15, 0.2) is 0 Å². The number of hydrogen-bond donors (Lipinski definition) is 1. The number of halogens is 1. The van der Waals surface area contributed by atoms with Crippen molar-refractivity contribution in [1.29, 1.82) is 0 Å². The van der Waals surface area contributed by atoms with Crippen LogP contribution >= 0.6 is 15.9 Å². The molecule has 0 aromatic heterocycles. The van der Waals surface area contributed by atoms with E-state index in [-0.39, 0.29) is 5.41 Å². The Labute approximate surface area is 86.1 Å². The Morgan fingerprint density at radius 3 is 2.69 bits per heavy atom. The van der Waals surface area contributed by atoms with E-state index in [0.29, 0.717) is 5.92 Å². The summed E-state index contributed by atoms with van der Waals surface area (Å²) in [7, 11) is 0. The Bertz CT molecular complexity index is 310. The van der Waals surface area contributed by atoms with E-state index < -0.39 is 11.4 Å². The minimum atomic E-state index is -0.659. The highest BCUT2D eigenvalue weighted by Gasteiger charge is 2.62. The van der Waals surface area contributed by atoms with Crippen molar-refractivity contribution in [3.63, 3.8) is 0 Å². The van der Waals surface area contributed by atoms with Gasteiger partial charge < -0.3 is 5.11 Å². The fraction of sp³-hybridized carbons (Fsp3) is 0.700. The topological polar surface area (TPSA) is 37.3 Å². The van der Waals surface area contributed by atoms with Crippen LogP contribution in [0.5, 0.6) is 0 Å². The maximum atomic E-state index is 11.2. The second-order valence-electron chi connectivity index (χ2n) is 4.54. The van der Waals surface area contributed by atoms with Crippen LogP contribution in [0.15, 0.2) is 10.6 Å². The number of rotatable bonds is 1. The lowest BCUT2D eigenvalue weighted by atomic mass is 9.59. The molecular formula is C10H13BrO2. The average molecular weight is 245 g/mol. The summed E-state index contributed by atoms with van der Waals surface area (Å²) in [5.74, 6) is -0.220. The summed E-state index contributed by atoms with van der Waals surface area (Å²) in [6, 6.07) is 0.